The second kappa shape index (κ2) is 5.52. The number of carbonyl (C=O) groups is 1. The van der Waals surface area contributed by atoms with Gasteiger partial charge in [-0.3, -0.25) is 10.1 Å². The van der Waals surface area contributed by atoms with Crippen molar-refractivity contribution in [1.29, 1.82) is 0 Å². The number of alkyl halides is 2. The first-order chi connectivity index (χ1) is 8.75. The molecule has 19 heavy (non-hydrogen) atoms. The Morgan fingerprint density at radius 2 is 2.00 bits per heavy atom. The summed E-state index contributed by atoms with van der Waals surface area (Å²) in [6.45, 7) is -3.55. The number of carboxylic acid groups (broad SMARTS) is 1. The lowest BCUT2D eigenvalue weighted by Gasteiger charge is -2.11. The van der Waals surface area contributed by atoms with Crippen molar-refractivity contribution in [3.63, 3.8) is 0 Å². The number of nitro benzene ring substituents is 1. The molecule has 0 fully saturated rings. The molecule has 0 saturated carbocycles. The van der Waals surface area contributed by atoms with Crippen LogP contribution < -0.4 is 4.74 Å². The molecule has 0 aliphatic rings. The molecular formula is C9H6F3NO6. The summed E-state index contributed by atoms with van der Waals surface area (Å²) in [6.07, 6.45) is -2.36. The van der Waals surface area contributed by atoms with E-state index in [0.29, 0.717) is 12.1 Å². The van der Waals surface area contributed by atoms with Gasteiger partial charge in [0.25, 0.3) is 0 Å². The normalized spacial score (nSPS) is 12.3. The van der Waals surface area contributed by atoms with E-state index in [0.717, 1.165) is 0 Å². The highest BCUT2D eigenvalue weighted by Gasteiger charge is 2.30. The second-order valence-corrected chi connectivity index (χ2v) is 3.19. The predicted molar refractivity (Wildman–Crippen MR) is 52.3 cm³/mol. The van der Waals surface area contributed by atoms with E-state index < -0.39 is 46.4 Å². The van der Waals surface area contributed by atoms with Crippen molar-refractivity contribution in [2.75, 3.05) is 0 Å². The van der Waals surface area contributed by atoms with Gasteiger partial charge in [0.2, 0.25) is 5.75 Å². The summed E-state index contributed by atoms with van der Waals surface area (Å²) in [6, 6.07) is 1.16. The monoisotopic (exact) mass is 281 g/mol. The molecule has 10 heteroatoms. The molecule has 0 aliphatic carbocycles. The van der Waals surface area contributed by atoms with Crippen LogP contribution in [-0.4, -0.2) is 27.7 Å². The minimum absolute atomic E-state index is 0.558. The molecular weight excluding hydrogens is 275 g/mol. The van der Waals surface area contributed by atoms with Crippen LogP contribution in [0.5, 0.6) is 5.75 Å². The fourth-order valence-corrected chi connectivity index (χ4v) is 1.25. The van der Waals surface area contributed by atoms with Gasteiger partial charge in [0.1, 0.15) is 0 Å². The van der Waals surface area contributed by atoms with Crippen molar-refractivity contribution >= 4 is 11.7 Å². The van der Waals surface area contributed by atoms with Crippen LogP contribution in [-0.2, 0) is 4.79 Å². The van der Waals surface area contributed by atoms with Gasteiger partial charge in [-0.25, -0.2) is 9.18 Å². The summed E-state index contributed by atoms with van der Waals surface area (Å²) >= 11 is 0. The summed E-state index contributed by atoms with van der Waals surface area (Å²) < 4.78 is 41.4. The van der Waals surface area contributed by atoms with Crippen molar-refractivity contribution in [2.24, 2.45) is 0 Å². The van der Waals surface area contributed by atoms with E-state index in [-0.39, 0.29) is 0 Å². The molecule has 0 saturated heterocycles. The Balaban J connectivity index is 3.40. The molecule has 1 unspecified atom stereocenters. The summed E-state index contributed by atoms with van der Waals surface area (Å²) in [5.74, 6) is -5.02. The van der Waals surface area contributed by atoms with Crippen molar-refractivity contribution in [2.45, 2.75) is 12.7 Å². The lowest BCUT2D eigenvalue weighted by Crippen LogP contribution is -2.14. The number of ether oxygens (including phenoxy) is 1. The number of nitrogens with zero attached hydrogens (tertiary/aromatic N) is 1. The Labute approximate surface area is 103 Å². The molecule has 1 aromatic rings. The number of aliphatic hydroxyl groups excluding tert-OH is 1. The summed E-state index contributed by atoms with van der Waals surface area (Å²) in [7, 11) is 0. The highest BCUT2D eigenvalue weighted by molar-refractivity contribution is 5.74. The number of rotatable bonds is 5. The highest BCUT2D eigenvalue weighted by atomic mass is 19.3. The smallest absolute Gasteiger partial charge is 0.387 e. The van der Waals surface area contributed by atoms with Gasteiger partial charge in [-0.15, -0.1) is 0 Å². The summed E-state index contributed by atoms with van der Waals surface area (Å²) in [5, 5.41) is 28.1. The minimum atomic E-state index is -3.55. The average molecular weight is 281 g/mol. The quantitative estimate of drug-likeness (QED) is 0.624. The van der Waals surface area contributed by atoms with E-state index in [2.05, 4.69) is 4.74 Å². The Hall–Kier alpha value is -2.36. The molecule has 0 amide bonds. The number of carboxylic acids is 1. The lowest BCUT2D eigenvalue weighted by molar-refractivity contribution is -0.386. The predicted octanol–water partition coefficient (Wildman–Crippen LogP) is 1.45. The van der Waals surface area contributed by atoms with Crippen LogP contribution >= 0.6 is 0 Å². The largest absolute Gasteiger partial charge is 0.479 e. The maximum atomic E-state index is 13.7. The van der Waals surface area contributed by atoms with E-state index in [1.54, 1.807) is 0 Å². The molecule has 0 spiro atoms. The minimum Gasteiger partial charge on any atom is -0.479 e. The van der Waals surface area contributed by atoms with Crippen molar-refractivity contribution in [1.82, 2.24) is 0 Å². The van der Waals surface area contributed by atoms with Crippen LogP contribution in [0.25, 0.3) is 0 Å². The van der Waals surface area contributed by atoms with Gasteiger partial charge in [-0.05, 0) is 6.07 Å². The standard InChI is InChI=1S/C9H6F3NO6/c10-5-3(6(14)8(15)16)1-2-4(13(17)18)7(5)19-9(11)12/h1-2,6,9,14H,(H,15,16). The van der Waals surface area contributed by atoms with Gasteiger partial charge in [0, 0.05) is 11.6 Å². The van der Waals surface area contributed by atoms with Crippen LogP contribution in [0.2, 0.25) is 0 Å². The Bertz CT molecular complexity index is 521. The first kappa shape index (κ1) is 14.7. The lowest BCUT2D eigenvalue weighted by atomic mass is 10.1. The average Bonchev–Trinajstić information content (AvgIpc) is 2.29. The van der Waals surface area contributed by atoms with Crippen molar-refractivity contribution in [3.8, 4) is 5.75 Å². The number of hydrogen-bond donors (Lipinski definition) is 2. The number of aliphatic hydroxyl groups is 1. The number of nitro groups is 1. The Morgan fingerprint density at radius 3 is 2.42 bits per heavy atom. The fraction of sp³-hybridized carbons (Fsp3) is 0.222. The van der Waals surface area contributed by atoms with E-state index in [4.69, 9.17) is 10.2 Å². The zero-order chi connectivity index (χ0) is 14.7. The molecule has 1 rings (SSSR count). The third-order valence-corrected chi connectivity index (χ3v) is 2.04. The molecule has 1 atom stereocenters. The molecule has 104 valence electrons. The SMILES string of the molecule is O=C(O)C(O)c1ccc([N+](=O)[O-])c(OC(F)F)c1F. The van der Waals surface area contributed by atoms with Crippen LogP contribution in [0.4, 0.5) is 18.9 Å². The number of aliphatic carboxylic acids is 1. The second-order valence-electron chi connectivity index (χ2n) is 3.19. The van der Waals surface area contributed by atoms with E-state index >= 15 is 0 Å². The molecule has 0 radical (unpaired) electrons. The molecule has 2 N–H and O–H groups in total. The Kier molecular flexibility index (Phi) is 4.27. The molecule has 0 bridgehead atoms. The molecule has 0 aliphatic heterocycles. The molecule has 7 nitrogen and oxygen atoms in total. The maximum absolute atomic E-state index is 13.7. The first-order valence-electron chi connectivity index (χ1n) is 4.58. The van der Waals surface area contributed by atoms with E-state index in [9.17, 15) is 28.1 Å². The Morgan fingerprint density at radius 1 is 1.42 bits per heavy atom. The van der Waals surface area contributed by atoms with Crippen LogP contribution in [0.3, 0.4) is 0 Å². The number of hydrogen-bond acceptors (Lipinski definition) is 5. The first-order valence-corrected chi connectivity index (χ1v) is 4.58. The van der Waals surface area contributed by atoms with Crippen molar-refractivity contribution < 1.29 is 37.8 Å². The molecule has 0 heterocycles. The number of halogens is 3. The van der Waals surface area contributed by atoms with Gasteiger partial charge >= 0.3 is 18.3 Å². The van der Waals surface area contributed by atoms with Gasteiger partial charge in [-0.2, -0.15) is 8.78 Å². The highest BCUT2D eigenvalue weighted by Crippen LogP contribution is 2.35. The third kappa shape index (κ3) is 3.10. The third-order valence-electron chi connectivity index (χ3n) is 2.04. The van der Waals surface area contributed by atoms with Crippen molar-refractivity contribution in [3.05, 3.63) is 33.6 Å². The number of benzene rings is 1. The maximum Gasteiger partial charge on any atom is 0.387 e. The van der Waals surface area contributed by atoms with E-state index in [1.807, 2.05) is 0 Å². The molecule has 0 aromatic heterocycles. The summed E-state index contributed by atoms with van der Waals surface area (Å²) in [5.41, 5.74) is -2.03. The van der Waals surface area contributed by atoms with Crippen LogP contribution in [0, 0.1) is 15.9 Å². The van der Waals surface area contributed by atoms with Gasteiger partial charge in [0.15, 0.2) is 11.9 Å². The summed E-state index contributed by atoms with van der Waals surface area (Å²) in [4.78, 5) is 19.8. The zero-order valence-corrected chi connectivity index (χ0v) is 8.92. The topological polar surface area (TPSA) is 110 Å². The van der Waals surface area contributed by atoms with Crippen LogP contribution in [0.1, 0.15) is 11.7 Å². The zero-order valence-electron chi connectivity index (χ0n) is 8.92. The van der Waals surface area contributed by atoms with Gasteiger partial charge in [0.05, 0.1) is 4.92 Å². The van der Waals surface area contributed by atoms with Crippen LogP contribution in [0.15, 0.2) is 12.1 Å². The van der Waals surface area contributed by atoms with E-state index in [1.165, 1.54) is 0 Å². The molecule has 1 aromatic carbocycles. The van der Waals surface area contributed by atoms with Gasteiger partial charge < -0.3 is 14.9 Å². The fourth-order valence-electron chi connectivity index (χ4n) is 1.25. The van der Waals surface area contributed by atoms with Gasteiger partial charge in [-0.1, -0.05) is 0 Å².